The number of ether oxygens (including phenoxy) is 1. The first-order valence-electron chi connectivity index (χ1n) is 13.0. The van der Waals surface area contributed by atoms with Gasteiger partial charge in [-0.2, -0.15) is 0 Å². The summed E-state index contributed by atoms with van der Waals surface area (Å²) < 4.78 is 5.44. The van der Waals surface area contributed by atoms with Crippen LogP contribution in [0.3, 0.4) is 0 Å². The fourth-order valence-electron chi connectivity index (χ4n) is 5.30. The van der Waals surface area contributed by atoms with Crippen LogP contribution in [0.2, 0.25) is 0 Å². The molecule has 3 aliphatic rings. The van der Waals surface area contributed by atoms with Crippen LogP contribution in [-0.4, -0.2) is 43.9 Å². The molecule has 1 heterocycles. The summed E-state index contributed by atoms with van der Waals surface area (Å²) in [5.74, 6) is -0.288. The fraction of sp³-hybridized carbons (Fsp3) is 0.552. The van der Waals surface area contributed by atoms with E-state index in [0.29, 0.717) is 49.4 Å². The molecule has 1 atom stereocenters. The zero-order valence-electron chi connectivity index (χ0n) is 22.2. The van der Waals surface area contributed by atoms with E-state index in [1.165, 1.54) is 0 Å². The lowest BCUT2D eigenvalue weighted by molar-refractivity contribution is -0.139. The van der Waals surface area contributed by atoms with E-state index < -0.39 is 5.41 Å². The predicted molar refractivity (Wildman–Crippen MR) is 142 cm³/mol. The summed E-state index contributed by atoms with van der Waals surface area (Å²) in [5, 5.41) is 5.91. The minimum Gasteiger partial charge on any atom is -0.378 e. The summed E-state index contributed by atoms with van der Waals surface area (Å²) in [6, 6.07) is 7.38. The van der Waals surface area contributed by atoms with Crippen LogP contribution in [0.5, 0.6) is 0 Å². The average Bonchev–Trinajstić information content (AvgIpc) is 3.25. The number of nitrogens with one attached hydrogen (secondary N) is 2. The number of amides is 2. The fourth-order valence-corrected chi connectivity index (χ4v) is 5.30. The van der Waals surface area contributed by atoms with E-state index in [9.17, 15) is 14.4 Å². The zero-order chi connectivity index (χ0) is 26.1. The van der Waals surface area contributed by atoms with Crippen molar-refractivity contribution in [1.29, 1.82) is 0 Å². The maximum atomic E-state index is 13.8. The first-order valence-corrected chi connectivity index (χ1v) is 13.0. The SMILES string of the molecule is CC(C)(C)C1=CC(C(=O)C2CCCC(=O)C2(C)C)=C(NC(=O)Nc2cccc(N3CCOCC3)c2)C1. The van der Waals surface area contributed by atoms with Gasteiger partial charge in [-0.3, -0.25) is 9.59 Å². The van der Waals surface area contributed by atoms with E-state index in [0.717, 1.165) is 30.8 Å². The molecule has 4 rings (SSSR count). The van der Waals surface area contributed by atoms with Gasteiger partial charge in [-0.25, -0.2) is 4.79 Å². The monoisotopic (exact) mass is 493 g/mol. The van der Waals surface area contributed by atoms with Crippen LogP contribution in [0.15, 0.2) is 47.2 Å². The van der Waals surface area contributed by atoms with E-state index in [1.807, 2.05) is 44.2 Å². The van der Waals surface area contributed by atoms with Gasteiger partial charge in [-0.1, -0.05) is 46.3 Å². The molecule has 0 aromatic heterocycles. The normalized spacial score (nSPS) is 22.4. The van der Waals surface area contributed by atoms with Crippen LogP contribution >= 0.6 is 0 Å². The van der Waals surface area contributed by atoms with E-state index in [-0.39, 0.29) is 28.9 Å². The first-order chi connectivity index (χ1) is 17.0. The van der Waals surface area contributed by atoms with Crippen LogP contribution < -0.4 is 15.5 Å². The van der Waals surface area contributed by atoms with Gasteiger partial charge in [0.1, 0.15) is 5.78 Å². The third kappa shape index (κ3) is 5.56. The summed E-state index contributed by atoms with van der Waals surface area (Å²) in [6.07, 6.45) is 4.38. The molecule has 1 saturated carbocycles. The van der Waals surface area contributed by atoms with Crippen molar-refractivity contribution in [3.63, 3.8) is 0 Å². The van der Waals surface area contributed by atoms with E-state index >= 15 is 0 Å². The lowest BCUT2D eigenvalue weighted by Crippen LogP contribution is -2.42. The molecular weight excluding hydrogens is 454 g/mol. The second-order valence-corrected chi connectivity index (χ2v) is 11.7. The molecule has 2 N–H and O–H groups in total. The van der Waals surface area contributed by atoms with Crippen molar-refractivity contribution in [2.24, 2.45) is 16.7 Å². The Bertz CT molecular complexity index is 1100. The number of rotatable bonds is 5. The molecule has 0 bridgehead atoms. The molecular formula is C29H39N3O4. The number of Topliss-reactive ketones (excluding diaryl/α,β-unsaturated/α-hetero) is 2. The molecule has 2 amide bonds. The molecule has 1 aromatic carbocycles. The van der Waals surface area contributed by atoms with Gasteiger partial charge in [-0.15, -0.1) is 0 Å². The van der Waals surface area contributed by atoms with Gasteiger partial charge in [0.15, 0.2) is 5.78 Å². The highest BCUT2D eigenvalue weighted by Crippen LogP contribution is 2.43. The van der Waals surface area contributed by atoms with Crippen LogP contribution in [0.25, 0.3) is 0 Å². The number of hydrogen-bond donors (Lipinski definition) is 2. The second-order valence-electron chi connectivity index (χ2n) is 11.7. The quantitative estimate of drug-likeness (QED) is 0.586. The van der Waals surface area contributed by atoms with Crippen molar-refractivity contribution in [2.45, 2.75) is 60.3 Å². The highest BCUT2D eigenvalue weighted by molar-refractivity contribution is 6.06. The molecule has 1 saturated heterocycles. The van der Waals surface area contributed by atoms with Gasteiger partial charge in [0.2, 0.25) is 0 Å². The number of anilines is 2. The van der Waals surface area contributed by atoms with Crippen molar-refractivity contribution in [1.82, 2.24) is 5.32 Å². The van der Waals surface area contributed by atoms with Crippen molar-refractivity contribution in [3.05, 3.63) is 47.2 Å². The maximum absolute atomic E-state index is 13.8. The summed E-state index contributed by atoms with van der Waals surface area (Å²) in [7, 11) is 0. The number of morpholine rings is 1. The van der Waals surface area contributed by atoms with Gasteiger partial charge in [0, 0.05) is 59.9 Å². The number of ketones is 2. The zero-order valence-corrected chi connectivity index (χ0v) is 22.2. The topological polar surface area (TPSA) is 87.7 Å². The third-order valence-corrected chi connectivity index (χ3v) is 7.79. The molecule has 2 fully saturated rings. The summed E-state index contributed by atoms with van der Waals surface area (Å²) in [4.78, 5) is 41.7. The Labute approximate surface area is 214 Å². The average molecular weight is 494 g/mol. The summed E-state index contributed by atoms with van der Waals surface area (Å²) >= 11 is 0. The van der Waals surface area contributed by atoms with E-state index in [1.54, 1.807) is 0 Å². The maximum Gasteiger partial charge on any atom is 0.323 e. The minimum atomic E-state index is -0.700. The molecule has 0 radical (unpaired) electrons. The summed E-state index contributed by atoms with van der Waals surface area (Å²) in [6.45, 7) is 13.1. The minimum absolute atomic E-state index is 0.0445. The molecule has 1 unspecified atom stereocenters. The van der Waals surface area contributed by atoms with Crippen LogP contribution in [0, 0.1) is 16.7 Å². The predicted octanol–water partition coefficient (Wildman–Crippen LogP) is 5.24. The van der Waals surface area contributed by atoms with Gasteiger partial charge < -0.3 is 20.3 Å². The van der Waals surface area contributed by atoms with Gasteiger partial charge in [-0.05, 0) is 42.5 Å². The number of benzene rings is 1. The largest absolute Gasteiger partial charge is 0.378 e. The summed E-state index contributed by atoms with van der Waals surface area (Å²) in [5.41, 5.74) is 3.11. The molecule has 194 valence electrons. The number of nitrogens with zero attached hydrogens (tertiary/aromatic N) is 1. The highest BCUT2D eigenvalue weighted by atomic mass is 16.5. The molecule has 1 aromatic rings. The second kappa shape index (κ2) is 10.2. The Morgan fingerprint density at radius 3 is 2.53 bits per heavy atom. The molecule has 1 aliphatic heterocycles. The van der Waals surface area contributed by atoms with Gasteiger partial charge in [0.05, 0.1) is 13.2 Å². The van der Waals surface area contributed by atoms with Crippen LogP contribution in [0.1, 0.15) is 60.3 Å². The Kier molecular flexibility index (Phi) is 7.41. The van der Waals surface area contributed by atoms with E-state index in [4.69, 9.17) is 4.74 Å². The van der Waals surface area contributed by atoms with Gasteiger partial charge >= 0.3 is 6.03 Å². The number of carbonyl (C=O) groups is 3. The Morgan fingerprint density at radius 1 is 1.11 bits per heavy atom. The smallest absolute Gasteiger partial charge is 0.323 e. The molecule has 2 aliphatic carbocycles. The van der Waals surface area contributed by atoms with Crippen molar-refractivity contribution in [3.8, 4) is 0 Å². The number of allylic oxidation sites excluding steroid dienone is 3. The van der Waals surface area contributed by atoms with E-state index in [2.05, 4.69) is 36.3 Å². The number of carbonyl (C=O) groups excluding carboxylic acids is 3. The van der Waals surface area contributed by atoms with Crippen molar-refractivity contribution in [2.75, 3.05) is 36.5 Å². The number of urea groups is 1. The Morgan fingerprint density at radius 2 is 1.83 bits per heavy atom. The standard InChI is InChI=1S/C29H39N3O4/c1-28(2,3)19-16-22(26(34)23-10-7-11-25(33)29(23,4)5)24(17-19)31-27(35)30-20-8-6-9-21(18-20)32-12-14-36-15-13-32/h6,8-9,16,18,23H,7,10-15,17H2,1-5H3,(H2,30,31,35). The molecule has 7 nitrogen and oxygen atoms in total. The highest BCUT2D eigenvalue weighted by Gasteiger charge is 2.45. The van der Waals surface area contributed by atoms with Crippen LogP contribution in [0.4, 0.5) is 16.2 Å². The van der Waals surface area contributed by atoms with Crippen LogP contribution in [-0.2, 0) is 14.3 Å². The first kappa shape index (κ1) is 26.1. The lowest BCUT2D eigenvalue weighted by atomic mass is 9.65. The Balaban J connectivity index is 1.53. The number of hydrogen-bond acceptors (Lipinski definition) is 5. The lowest BCUT2D eigenvalue weighted by Gasteiger charge is -2.36. The van der Waals surface area contributed by atoms with Crippen molar-refractivity contribution >= 4 is 29.0 Å². The molecule has 0 spiro atoms. The Hall–Kier alpha value is -2.93. The molecule has 36 heavy (non-hydrogen) atoms. The van der Waals surface area contributed by atoms with Gasteiger partial charge in [0.25, 0.3) is 0 Å². The van der Waals surface area contributed by atoms with Crippen molar-refractivity contribution < 1.29 is 19.1 Å². The molecule has 7 heteroatoms. The third-order valence-electron chi connectivity index (χ3n) is 7.79.